The van der Waals surface area contributed by atoms with E-state index in [1.807, 2.05) is 97.1 Å². The molecule has 3 N–H and O–H groups in total. The van der Waals surface area contributed by atoms with E-state index in [0.29, 0.717) is 0 Å². The van der Waals surface area contributed by atoms with Crippen LogP contribution in [0.15, 0.2) is 97.1 Å². The molecule has 0 saturated carbocycles. The highest BCUT2D eigenvalue weighted by Gasteiger charge is 2.39. The molecule has 1 heterocycles. The molecule has 7 nitrogen and oxygen atoms in total. The number of methoxy groups -OCH3 is 2. The molecule has 0 aliphatic carbocycles. The van der Waals surface area contributed by atoms with Crippen LogP contribution in [0.3, 0.4) is 0 Å². The lowest BCUT2D eigenvalue weighted by Gasteiger charge is -2.27. The number of hydrogen-bond acceptors (Lipinski definition) is 7. The fourth-order valence-electron chi connectivity index (χ4n) is 5.12. The van der Waals surface area contributed by atoms with Crippen molar-refractivity contribution >= 4 is 0 Å². The van der Waals surface area contributed by atoms with Crippen LogP contribution in [-0.2, 0) is 9.47 Å². The quantitative estimate of drug-likeness (QED) is 0.269. The Kier molecular flexibility index (Phi) is 8.79. The second-order valence-electron chi connectivity index (χ2n) is 9.77. The first-order valence-electron chi connectivity index (χ1n) is 13.2. The maximum Gasteiger partial charge on any atom is 0.118 e. The zero-order chi connectivity index (χ0) is 28.1. The Balaban J connectivity index is 1.56. The molecular weight excluding hydrogens is 508 g/mol. The van der Waals surface area contributed by atoms with Crippen molar-refractivity contribution < 1.29 is 34.3 Å². The third kappa shape index (κ3) is 5.89. The van der Waals surface area contributed by atoms with Crippen LogP contribution in [0.4, 0.5) is 0 Å². The predicted octanol–water partition coefficient (Wildman–Crippen LogP) is 4.63. The topological polar surface area (TPSA) is 97.6 Å². The molecule has 7 heteroatoms. The van der Waals surface area contributed by atoms with Crippen LogP contribution in [0.1, 0.15) is 17.2 Å². The van der Waals surface area contributed by atoms with E-state index in [0.717, 1.165) is 44.9 Å². The van der Waals surface area contributed by atoms with E-state index in [-0.39, 0.29) is 13.2 Å². The number of aliphatic hydroxyl groups is 3. The lowest BCUT2D eigenvalue weighted by Crippen LogP contribution is -2.41. The first kappa shape index (κ1) is 27.8. The maximum absolute atomic E-state index is 10.9. The Bertz CT molecular complexity index is 1300. The van der Waals surface area contributed by atoms with Crippen molar-refractivity contribution in [2.75, 3.05) is 27.4 Å². The molecule has 4 aromatic carbocycles. The third-order valence-electron chi connectivity index (χ3n) is 7.29. The molecular formula is C33H34O7. The van der Waals surface area contributed by atoms with Gasteiger partial charge in [0, 0.05) is 0 Å². The van der Waals surface area contributed by atoms with Crippen LogP contribution in [-0.4, -0.2) is 67.2 Å². The largest absolute Gasteiger partial charge is 0.497 e. The van der Waals surface area contributed by atoms with Gasteiger partial charge in [-0.05, 0) is 57.6 Å². The Hall–Kier alpha value is -3.72. The average Bonchev–Trinajstić information content (AvgIpc) is 3.35. The van der Waals surface area contributed by atoms with E-state index in [1.54, 1.807) is 14.2 Å². The molecule has 0 unspecified atom stereocenters. The van der Waals surface area contributed by atoms with E-state index < -0.39 is 30.5 Å². The molecule has 1 aliphatic heterocycles. The van der Waals surface area contributed by atoms with Crippen LogP contribution >= 0.6 is 0 Å². The minimum Gasteiger partial charge on any atom is -0.497 e. The van der Waals surface area contributed by atoms with Crippen LogP contribution in [0.2, 0.25) is 0 Å². The average molecular weight is 543 g/mol. The van der Waals surface area contributed by atoms with Crippen molar-refractivity contribution in [2.45, 2.75) is 30.5 Å². The monoisotopic (exact) mass is 542 g/mol. The molecule has 4 aromatic rings. The summed E-state index contributed by atoms with van der Waals surface area (Å²) in [4.78, 5) is 0. The van der Waals surface area contributed by atoms with Gasteiger partial charge < -0.3 is 34.3 Å². The molecule has 40 heavy (non-hydrogen) atoms. The van der Waals surface area contributed by atoms with E-state index in [2.05, 4.69) is 0 Å². The molecule has 1 saturated heterocycles. The van der Waals surface area contributed by atoms with Gasteiger partial charge >= 0.3 is 0 Å². The van der Waals surface area contributed by atoms with Crippen molar-refractivity contribution in [1.82, 2.24) is 0 Å². The SMILES string of the molecule is COc1ccc(-c2ccccc2C(OC[C@@H](O)[C@H]2OC[C@H](O)[C@H]2O)c2ccccc2-c2ccc(OC)cc2)cc1. The Labute approximate surface area is 234 Å². The van der Waals surface area contributed by atoms with Gasteiger partial charge in [0.05, 0.1) is 27.4 Å². The summed E-state index contributed by atoms with van der Waals surface area (Å²) >= 11 is 0. The fraction of sp³-hybridized carbons (Fsp3) is 0.273. The first-order chi connectivity index (χ1) is 19.5. The zero-order valence-electron chi connectivity index (χ0n) is 22.5. The van der Waals surface area contributed by atoms with E-state index in [9.17, 15) is 15.3 Å². The molecule has 0 spiro atoms. The van der Waals surface area contributed by atoms with Gasteiger partial charge in [-0.2, -0.15) is 0 Å². The Morgan fingerprint density at radius 2 is 1.20 bits per heavy atom. The molecule has 1 aliphatic rings. The highest BCUT2D eigenvalue weighted by atomic mass is 16.6. The summed E-state index contributed by atoms with van der Waals surface area (Å²) in [6, 6.07) is 31.7. The summed E-state index contributed by atoms with van der Waals surface area (Å²) in [6.07, 6.45) is -4.88. The van der Waals surface area contributed by atoms with E-state index in [4.69, 9.17) is 18.9 Å². The molecule has 0 amide bonds. The number of ether oxygens (including phenoxy) is 4. The van der Waals surface area contributed by atoms with Crippen LogP contribution < -0.4 is 9.47 Å². The summed E-state index contributed by atoms with van der Waals surface area (Å²) in [5.41, 5.74) is 5.75. The number of rotatable bonds is 10. The van der Waals surface area contributed by atoms with Crippen molar-refractivity contribution in [3.63, 3.8) is 0 Å². The van der Waals surface area contributed by atoms with Gasteiger partial charge in [0.25, 0.3) is 0 Å². The number of aliphatic hydroxyl groups excluding tert-OH is 3. The van der Waals surface area contributed by atoms with Crippen molar-refractivity contribution in [3.8, 4) is 33.8 Å². The molecule has 4 atom stereocenters. The fourth-order valence-corrected chi connectivity index (χ4v) is 5.12. The van der Waals surface area contributed by atoms with Gasteiger partial charge in [-0.25, -0.2) is 0 Å². The van der Waals surface area contributed by atoms with Crippen molar-refractivity contribution in [3.05, 3.63) is 108 Å². The summed E-state index contributed by atoms with van der Waals surface area (Å²) in [6.45, 7) is -0.153. The maximum atomic E-state index is 10.9. The molecule has 0 bridgehead atoms. The molecule has 0 aromatic heterocycles. The second kappa shape index (κ2) is 12.6. The van der Waals surface area contributed by atoms with Gasteiger partial charge in [0.15, 0.2) is 0 Å². The van der Waals surface area contributed by atoms with E-state index in [1.165, 1.54) is 0 Å². The van der Waals surface area contributed by atoms with Crippen molar-refractivity contribution in [1.29, 1.82) is 0 Å². The lowest BCUT2D eigenvalue weighted by molar-refractivity contribution is -0.0895. The van der Waals surface area contributed by atoms with Gasteiger partial charge in [-0.1, -0.05) is 72.8 Å². The normalized spacial score (nSPS) is 19.5. The van der Waals surface area contributed by atoms with Crippen molar-refractivity contribution in [2.24, 2.45) is 0 Å². The Morgan fingerprint density at radius 3 is 1.62 bits per heavy atom. The molecule has 208 valence electrons. The predicted molar refractivity (Wildman–Crippen MR) is 152 cm³/mol. The van der Waals surface area contributed by atoms with Gasteiger partial charge in [-0.3, -0.25) is 0 Å². The Morgan fingerprint density at radius 1 is 0.725 bits per heavy atom. The summed E-state index contributed by atoms with van der Waals surface area (Å²) in [5.74, 6) is 1.53. The minimum atomic E-state index is -1.18. The zero-order valence-corrected chi connectivity index (χ0v) is 22.5. The number of benzene rings is 4. The first-order valence-corrected chi connectivity index (χ1v) is 13.2. The summed E-state index contributed by atoms with van der Waals surface area (Å²) in [5, 5.41) is 31.1. The highest BCUT2D eigenvalue weighted by molar-refractivity contribution is 5.73. The molecule has 1 fully saturated rings. The standard InChI is InChI=1S/C33H34O7/c1-37-23-15-11-21(12-16-23)25-7-3-5-9-27(25)32(39-20-30(35)33-31(36)29(34)19-40-33)28-10-6-4-8-26(28)22-13-17-24(38-2)18-14-22/h3-18,29-36H,19-20H2,1-2H3/t29-,30+,31+,33+/m0/s1. The van der Waals surface area contributed by atoms with Gasteiger partial charge in [0.2, 0.25) is 0 Å². The van der Waals surface area contributed by atoms with Crippen LogP contribution in [0.5, 0.6) is 11.5 Å². The van der Waals surface area contributed by atoms with Gasteiger partial charge in [-0.15, -0.1) is 0 Å². The summed E-state index contributed by atoms with van der Waals surface area (Å²) in [7, 11) is 3.27. The summed E-state index contributed by atoms with van der Waals surface area (Å²) < 4.78 is 22.7. The minimum absolute atomic E-state index is 0.0348. The number of hydrogen-bond donors (Lipinski definition) is 3. The molecule has 0 radical (unpaired) electrons. The van der Waals surface area contributed by atoms with Crippen LogP contribution in [0.25, 0.3) is 22.3 Å². The van der Waals surface area contributed by atoms with E-state index >= 15 is 0 Å². The smallest absolute Gasteiger partial charge is 0.118 e. The van der Waals surface area contributed by atoms with Gasteiger partial charge in [0.1, 0.15) is 42.0 Å². The molecule has 5 rings (SSSR count). The second-order valence-corrected chi connectivity index (χ2v) is 9.77. The lowest BCUT2D eigenvalue weighted by atomic mass is 9.88. The highest BCUT2D eigenvalue weighted by Crippen LogP contribution is 2.39. The van der Waals surface area contributed by atoms with Crippen LogP contribution in [0, 0.1) is 0 Å². The third-order valence-corrected chi connectivity index (χ3v) is 7.29.